The number of amides is 2. The number of aliphatic hydroxyl groups excluding tert-OH is 1. The summed E-state index contributed by atoms with van der Waals surface area (Å²) in [5, 5.41) is 15.7. The van der Waals surface area contributed by atoms with Gasteiger partial charge in [-0.05, 0) is 51.0 Å². The molecule has 0 bridgehead atoms. The normalized spacial score (nSPS) is 17.5. The first-order chi connectivity index (χ1) is 13.5. The van der Waals surface area contributed by atoms with Crippen LogP contribution in [0.25, 0.3) is 0 Å². The van der Waals surface area contributed by atoms with Gasteiger partial charge in [-0.15, -0.1) is 0 Å². The molecular formula is C20H26N6O2. The summed E-state index contributed by atoms with van der Waals surface area (Å²) >= 11 is 0. The molecule has 0 radical (unpaired) electrons. The Balaban J connectivity index is 1.50. The lowest BCUT2D eigenvalue weighted by atomic mass is 10.1. The first kappa shape index (κ1) is 18.5. The molecule has 8 heteroatoms. The van der Waals surface area contributed by atoms with E-state index in [9.17, 15) is 9.90 Å². The number of rotatable bonds is 4. The lowest BCUT2D eigenvalue weighted by molar-refractivity contribution is 0.145. The largest absolute Gasteiger partial charge is 0.393 e. The summed E-state index contributed by atoms with van der Waals surface area (Å²) in [6, 6.07) is 7.98. The molecule has 3 N–H and O–H groups in total. The Morgan fingerprint density at radius 1 is 1.21 bits per heavy atom. The van der Waals surface area contributed by atoms with Crippen LogP contribution in [0, 0.1) is 0 Å². The number of fused-ring (bicyclic) bond motifs is 1. The number of benzene rings is 1. The summed E-state index contributed by atoms with van der Waals surface area (Å²) in [5.41, 5.74) is 2.94. The van der Waals surface area contributed by atoms with E-state index in [0.29, 0.717) is 18.3 Å². The molecular weight excluding hydrogens is 356 g/mol. The van der Waals surface area contributed by atoms with E-state index in [2.05, 4.69) is 37.6 Å². The number of urea groups is 1. The Bertz CT molecular complexity index is 846. The van der Waals surface area contributed by atoms with Crippen molar-refractivity contribution < 1.29 is 9.90 Å². The van der Waals surface area contributed by atoms with Gasteiger partial charge in [0.2, 0.25) is 5.95 Å². The van der Waals surface area contributed by atoms with E-state index >= 15 is 0 Å². The first-order valence-electron chi connectivity index (χ1n) is 9.74. The average Bonchev–Trinajstić information content (AvgIpc) is 2.69. The average molecular weight is 382 g/mol. The Hall–Kier alpha value is -2.87. The van der Waals surface area contributed by atoms with E-state index in [1.807, 2.05) is 26.0 Å². The van der Waals surface area contributed by atoms with E-state index in [1.54, 1.807) is 11.1 Å². The molecule has 4 rings (SSSR count). The number of hydrogen-bond donors (Lipinski definition) is 3. The second-order valence-electron chi connectivity index (χ2n) is 7.56. The Morgan fingerprint density at radius 3 is 2.61 bits per heavy atom. The third kappa shape index (κ3) is 3.73. The maximum atomic E-state index is 12.2. The SMILES string of the molecule is CC(C)N1C(=O)NCc2cnc(Nc3ccc(N4CCC(O)CC4)cc3)nc21. The van der Waals surface area contributed by atoms with Gasteiger partial charge < -0.3 is 20.6 Å². The highest BCUT2D eigenvalue weighted by Crippen LogP contribution is 2.27. The van der Waals surface area contributed by atoms with Crippen LogP contribution in [0.1, 0.15) is 32.3 Å². The number of nitrogens with zero attached hydrogens (tertiary/aromatic N) is 4. The Kier molecular flexibility index (Phi) is 5.04. The third-order valence-electron chi connectivity index (χ3n) is 5.19. The van der Waals surface area contributed by atoms with E-state index in [0.717, 1.165) is 42.9 Å². The van der Waals surface area contributed by atoms with Crippen LogP contribution in [0.15, 0.2) is 30.5 Å². The number of aromatic nitrogens is 2. The second kappa shape index (κ2) is 7.63. The monoisotopic (exact) mass is 382 g/mol. The fourth-order valence-corrected chi connectivity index (χ4v) is 3.63. The Morgan fingerprint density at radius 2 is 1.93 bits per heavy atom. The second-order valence-corrected chi connectivity index (χ2v) is 7.56. The lowest BCUT2D eigenvalue weighted by Gasteiger charge is -2.32. The molecule has 2 aromatic rings. The van der Waals surface area contributed by atoms with Crippen LogP contribution in [0.3, 0.4) is 0 Å². The highest BCUT2D eigenvalue weighted by atomic mass is 16.3. The number of carbonyl (C=O) groups excluding carboxylic acids is 1. The topological polar surface area (TPSA) is 93.6 Å². The van der Waals surface area contributed by atoms with Crippen molar-refractivity contribution in [1.82, 2.24) is 15.3 Å². The van der Waals surface area contributed by atoms with Crippen molar-refractivity contribution in [2.45, 2.75) is 45.4 Å². The van der Waals surface area contributed by atoms with Crippen molar-refractivity contribution in [1.29, 1.82) is 0 Å². The van der Waals surface area contributed by atoms with E-state index in [1.165, 1.54) is 0 Å². The van der Waals surface area contributed by atoms with E-state index in [4.69, 9.17) is 0 Å². The molecule has 28 heavy (non-hydrogen) atoms. The van der Waals surface area contributed by atoms with Crippen LogP contribution in [0.4, 0.5) is 27.9 Å². The molecule has 3 heterocycles. The quantitative estimate of drug-likeness (QED) is 0.753. The molecule has 148 valence electrons. The highest BCUT2D eigenvalue weighted by Gasteiger charge is 2.28. The lowest BCUT2D eigenvalue weighted by Crippen LogP contribution is -2.48. The minimum atomic E-state index is -0.175. The maximum Gasteiger partial charge on any atom is 0.323 e. The van der Waals surface area contributed by atoms with Gasteiger partial charge in [0.25, 0.3) is 0 Å². The molecule has 1 aromatic heterocycles. The van der Waals surface area contributed by atoms with Gasteiger partial charge in [-0.2, -0.15) is 4.98 Å². The molecule has 8 nitrogen and oxygen atoms in total. The van der Waals surface area contributed by atoms with Crippen LogP contribution in [0.2, 0.25) is 0 Å². The zero-order valence-corrected chi connectivity index (χ0v) is 16.2. The zero-order valence-electron chi connectivity index (χ0n) is 16.2. The van der Waals surface area contributed by atoms with Crippen LogP contribution < -0.4 is 20.4 Å². The summed E-state index contributed by atoms with van der Waals surface area (Å²) in [4.78, 5) is 25.1. The van der Waals surface area contributed by atoms with Gasteiger partial charge in [0.05, 0.1) is 6.10 Å². The van der Waals surface area contributed by atoms with Gasteiger partial charge >= 0.3 is 6.03 Å². The smallest absolute Gasteiger partial charge is 0.323 e. The predicted octanol–water partition coefficient (Wildman–Crippen LogP) is 2.62. The highest BCUT2D eigenvalue weighted by molar-refractivity contribution is 5.94. The number of hydrogen-bond acceptors (Lipinski definition) is 6. The molecule has 1 aromatic carbocycles. The van der Waals surface area contributed by atoms with Gasteiger partial charge in [-0.25, -0.2) is 9.78 Å². The number of nitrogens with one attached hydrogen (secondary N) is 2. The van der Waals surface area contributed by atoms with Crippen LogP contribution in [-0.4, -0.2) is 46.3 Å². The molecule has 1 fully saturated rings. The first-order valence-corrected chi connectivity index (χ1v) is 9.74. The molecule has 2 aliphatic heterocycles. The Labute approximate surface area is 164 Å². The van der Waals surface area contributed by atoms with Gasteiger partial charge in [-0.3, -0.25) is 4.90 Å². The van der Waals surface area contributed by atoms with Gasteiger partial charge in [0.1, 0.15) is 5.82 Å². The van der Waals surface area contributed by atoms with Gasteiger partial charge in [0.15, 0.2) is 0 Å². The third-order valence-corrected chi connectivity index (χ3v) is 5.19. The van der Waals surface area contributed by atoms with E-state index < -0.39 is 0 Å². The van der Waals surface area contributed by atoms with Crippen molar-refractivity contribution >= 4 is 29.2 Å². The molecule has 0 aliphatic carbocycles. The summed E-state index contributed by atoms with van der Waals surface area (Å²) in [6.45, 7) is 6.10. The van der Waals surface area contributed by atoms with Crippen molar-refractivity contribution in [2.75, 3.05) is 28.2 Å². The summed E-state index contributed by atoms with van der Waals surface area (Å²) < 4.78 is 0. The van der Waals surface area contributed by atoms with Gasteiger partial charge in [0, 0.05) is 48.8 Å². The summed E-state index contributed by atoms with van der Waals surface area (Å²) in [6.07, 6.45) is 3.20. The minimum absolute atomic E-state index is 0.00384. The molecule has 2 amide bonds. The number of anilines is 4. The molecule has 1 saturated heterocycles. The zero-order chi connectivity index (χ0) is 19.7. The summed E-state index contributed by atoms with van der Waals surface area (Å²) in [5.74, 6) is 1.12. The van der Waals surface area contributed by atoms with E-state index in [-0.39, 0.29) is 18.2 Å². The number of piperidine rings is 1. The van der Waals surface area contributed by atoms with Gasteiger partial charge in [-0.1, -0.05) is 0 Å². The van der Waals surface area contributed by atoms with Crippen LogP contribution in [-0.2, 0) is 6.54 Å². The van der Waals surface area contributed by atoms with Crippen molar-refractivity contribution in [3.63, 3.8) is 0 Å². The molecule has 0 atom stereocenters. The van der Waals surface area contributed by atoms with Crippen molar-refractivity contribution in [3.05, 3.63) is 36.0 Å². The fourth-order valence-electron chi connectivity index (χ4n) is 3.63. The van der Waals surface area contributed by atoms with Crippen molar-refractivity contribution in [2.24, 2.45) is 0 Å². The minimum Gasteiger partial charge on any atom is -0.393 e. The molecule has 0 unspecified atom stereocenters. The standard InChI is InChI=1S/C20H26N6O2/c1-13(2)26-18-14(12-22-20(26)28)11-21-19(24-18)23-15-3-5-16(6-4-15)25-9-7-17(27)8-10-25/h3-6,11,13,17,27H,7-10,12H2,1-2H3,(H,22,28)(H,21,23,24). The molecule has 0 spiro atoms. The van der Waals surface area contributed by atoms with Crippen molar-refractivity contribution in [3.8, 4) is 0 Å². The molecule has 0 saturated carbocycles. The van der Waals surface area contributed by atoms with Crippen LogP contribution >= 0.6 is 0 Å². The molecule has 2 aliphatic rings. The maximum absolute atomic E-state index is 12.2. The number of carbonyl (C=O) groups is 1. The number of aliphatic hydroxyl groups is 1. The predicted molar refractivity (Wildman–Crippen MR) is 109 cm³/mol. The fraction of sp³-hybridized carbons (Fsp3) is 0.450. The van der Waals surface area contributed by atoms with Crippen LogP contribution in [0.5, 0.6) is 0 Å². The summed E-state index contributed by atoms with van der Waals surface area (Å²) in [7, 11) is 0.